The number of aromatic amines is 1. The average molecular weight is 260 g/mol. The molecule has 0 spiro atoms. The molecule has 1 aromatic heterocycles. The van der Waals surface area contributed by atoms with Crippen LogP contribution >= 0.6 is 0 Å². The Bertz CT molecular complexity index is 573. The Hall–Kier alpha value is -1.88. The molecule has 1 aliphatic rings. The molecule has 0 amide bonds. The Labute approximate surface area is 111 Å². The van der Waals surface area contributed by atoms with Crippen molar-refractivity contribution in [2.24, 2.45) is 0 Å². The summed E-state index contributed by atoms with van der Waals surface area (Å²) in [4.78, 5) is 0. The van der Waals surface area contributed by atoms with Crippen LogP contribution < -0.4 is 10.6 Å². The van der Waals surface area contributed by atoms with Crippen molar-refractivity contribution in [1.82, 2.24) is 15.5 Å². The van der Waals surface area contributed by atoms with E-state index in [4.69, 9.17) is 0 Å². The van der Waals surface area contributed by atoms with E-state index in [1.807, 2.05) is 13.0 Å². The van der Waals surface area contributed by atoms with Crippen molar-refractivity contribution >= 4 is 5.82 Å². The van der Waals surface area contributed by atoms with Crippen LogP contribution in [0.15, 0.2) is 24.3 Å². The van der Waals surface area contributed by atoms with E-state index in [9.17, 15) is 4.39 Å². The second kappa shape index (κ2) is 5.01. The fourth-order valence-electron chi connectivity index (χ4n) is 2.50. The summed E-state index contributed by atoms with van der Waals surface area (Å²) < 4.78 is 13.9. The van der Waals surface area contributed by atoms with Crippen LogP contribution in [0.4, 0.5) is 10.2 Å². The van der Waals surface area contributed by atoms with Gasteiger partial charge in [-0.25, -0.2) is 4.39 Å². The first-order chi connectivity index (χ1) is 9.25. The predicted octanol–water partition coefficient (Wildman–Crippen LogP) is 2.30. The first-order valence-corrected chi connectivity index (χ1v) is 6.53. The second-order valence-electron chi connectivity index (χ2n) is 4.89. The minimum absolute atomic E-state index is 0.223. The van der Waals surface area contributed by atoms with Crippen LogP contribution in [0.1, 0.15) is 12.1 Å². The minimum Gasteiger partial charge on any atom is -0.364 e. The van der Waals surface area contributed by atoms with Gasteiger partial charge in [-0.15, -0.1) is 0 Å². The first-order valence-electron chi connectivity index (χ1n) is 6.53. The van der Waals surface area contributed by atoms with Gasteiger partial charge in [-0.1, -0.05) is 18.2 Å². The summed E-state index contributed by atoms with van der Waals surface area (Å²) in [6, 6.07) is 7.15. The number of benzene rings is 1. The summed E-state index contributed by atoms with van der Waals surface area (Å²) in [6.07, 6.45) is 1.06. The molecule has 3 N–H and O–H groups in total. The molecular weight excluding hydrogens is 243 g/mol. The lowest BCUT2D eigenvalue weighted by Gasteiger charge is -2.12. The van der Waals surface area contributed by atoms with Gasteiger partial charge in [0.15, 0.2) is 5.82 Å². The average Bonchev–Trinajstić information content (AvgIpc) is 3.02. The topological polar surface area (TPSA) is 52.7 Å². The molecule has 19 heavy (non-hydrogen) atoms. The molecule has 1 atom stereocenters. The Morgan fingerprint density at radius 2 is 2.21 bits per heavy atom. The van der Waals surface area contributed by atoms with E-state index in [1.165, 1.54) is 6.07 Å². The molecule has 5 heteroatoms. The van der Waals surface area contributed by atoms with Crippen LogP contribution in [-0.2, 0) is 0 Å². The first kappa shape index (κ1) is 12.2. The van der Waals surface area contributed by atoms with Gasteiger partial charge in [0.1, 0.15) is 5.82 Å². The van der Waals surface area contributed by atoms with Crippen molar-refractivity contribution in [2.45, 2.75) is 19.4 Å². The third kappa shape index (κ3) is 2.33. The van der Waals surface area contributed by atoms with Gasteiger partial charge in [-0.2, -0.15) is 5.10 Å². The van der Waals surface area contributed by atoms with E-state index in [0.717, 1.165) is 36.6 Å². The molecule has 3 rings (SSSR count). The molecule has 2 heterocycles. The van der Waals surface area contributed by atoms with Gasteiger partial charge >= 0.3 is 0 Å². The zero-order valence-corrected chi connectivity index (χ0v) is 10.8. The number of halogens is 1. The number of hydrogen-bond acceptors (Lipinski definition) is 3. The highest BCUT2D eigenvalue weighted by molar-refractivity contribution is 5.78. The maximum absolute atomic E-state index is 13.9. The molecule has 0 radical (unpaired) electrons. The van der Waals surface area contributed by atoms with E-state index >= 15 is 0 Å². The number of aromatic nitrogens is 2. The molecule has 0 saturated carbocycles. The Morgan fingerprint density at radius 3 is 2.95 bits per heavy atom. The van der Waals surface area contributed by atoms with Gasteiger partial charge in [0.2, 0.25) is 0 Å². The van der Waals surface area contributed by atoms with E-state index in [1.54, 1.807) is 12.1 Å². The molecule has 100 valence electrons. The number of nitrogens with one attached hydrogen (secondary N) is 3. The number of nitrogens with zero attached hydrogens (tertiary/aromatic N) is 1. The highest BCUT2D eigenvalue weighted by Gasteiger charge is 2.20. The second-order valence-corrected chi connectivity index (χ2v) is 4.89. The zero-order chi connectivity index (χ0) is 13.2. The van der Waals surface area contributed by atoms with Gasteiger partial charge in [-0.05, 0) is 26.0 Å². The molecule has 1 fully saturated rings. The molecule has 2 aromatic rings. The smallest absolute Gasteiger partial charge is 0.156 e. The quantitative estimate of drug-likeness (QED) is 0.793. The Kier molecular flexibility index (Phi) is 3.21. The molecular formula is C14H17FN4. The number of rotatable bonds is 3. The van der Waals surface area contributed by atoms with Crippen LogP contribution in [0.3, 0.4) is 0 Å². The van der Waals surface area contributed by atoms with Crippen LogP contribution in [0.5, 0.6) is 0 Å². The SMILES string of the molecule is Cc1[nH]nc(NC2CCNC2)c1-c1ccccc1F. The highest BCUT2D eigenvalue weighted by Crippen LogP contribution is 2.31. The van der Waals surface area contributed by atoms with Gasteiger partial charge < -0.3 is 10.6 Å². The lowest BCUT2D eigenvalue weighted by Crippen LogP contribution is -2.22. The van der Waals surface area contributed by atoms with Gasteiger partial charge in [0, 0.05) is 29.4 Å². The van der Waals surface area contributed by atoms with Crippen LogP contribution in [0.25, 0.3) is 11.1 Å². The largest absolute Gasteiger partial charge is 0.364 e. The molecule has 0 bridgehead atoms. The van der Waals surface area contributed by atoms with Crippen molar-refractivity contribution < 1.29 is 4.39 Å². The summed E-state index contributed by atoms with van der Waals surface area (Å²) >= 11 is 0. The summed E-state index contributed by atoms with van der Waals surface area (Å²) in [5, 5.41) is 13.9. The van der Waals surface area contributed by atoms with Crippen molar-refractivity contribution in [3.05, 3.63) is 35.8 Å². The molecule has 0 aliphatic carbocycles. The highest BCUT2D eigenvalue weighted by atomic mass is 19.1. The molecule has 1 aliphatic heterocycles. The fraction of sp³-hybridized carbons (Fsp3) is 0.357. The van der Waals surface area contributed by atoms with Crippen LogP contribution in [-0.4, -0.2) is 29.3 Å². The summed E-state index contributed by atoms with van der Waals surface area (Å²) in [5.74, 6) is 0.510. The van der Waals surface area contributed by atoms with E-state index in [-0.39, 0.29) is 5.82 Å². The minimum atomic E-state index is -0.223. The third-order valence-corrected chi connectivity index (χ3v) is 3.49. The summed E-state index contributed by atoms with van der Waals surface area (Å²) in [5.41, 5.74) is 2.28. The van der Waals surface area contributed by atoms with Crippen molar-refractivity contribution in [3.63, 3.8) is 0 Å². The Morgan fingerprint density at radius 1 is 1.37 bits per heavy atom. The number of aryl methyl sites for hydroxylation is 1. The lowest BCUT2D eigenvalue weighted by molar-refractivity contribution is 0.631. The normalized spacial score (nSPS) is 18.7. The number of H-pyrrole nitrogens is 1. The maximum atomic E-state index is 13.9. The summed E-state index contributed by atoms with van der Waals surface area (Å²) in [7, 11) is 0. The van der Waals surface area contributed by atoms with E-state index < -0.39 is 0 Å². The number of hydrogen-bond donors (Lipinski definition) is 3. The third-order valence-electron chi connectivity index (χ3n) is 3.49. The van der Waals surface area contributed by atoms with Crippen molar-refractivity contribution in [1.29, 1.82) is 0 Å². The molecule has 4 nitrogen and oxygen atoms in total. The molecule has 1 saturated heterocycles. The molecule has 1 unspecified atom stereocenters. The predicted molar refractivity (Wildman–Crippen MR) is 73.6 cm³/mol. The monoisotopic (exact) mass is 260 g/mol. The van der Waals surface area contributed by atoms with Gasteiger partial charge in [-0.3, -0.25) is 5.10 Å². The van der Waals surface area contributed by atoms with Crippen molar-refractivity contribution in [2.75, 3.05) is 18.4 Å². The van der Waals surface area contributed by atoms with Crippen LogP contribution in [0, 0.1) is 12.7 Å². The van der Waals surface area contributed by atoms with Gasteiger partial charge in [0.05, 0.1) is 0 Å². The number of anilines is 1. The standard InChI is InChI=1S/C14H17FN4/c1-9-13(11-4-2-3-5-12(11)15)14(19-18-9)17-10-6-7-16-8-10/h2-5,10,16H,6-8H2,1H3,(H2,17,18,19). The zero-order valence-electron chi connectivity index (χ0n) is 10.8. The molecule has 1 aromatic carbocycles. The lowest BCUT2D eigenvalue weighted by atomic mass is 10.0. The summed E-state index contributed by atoms with van der Waals surface area (Å²) in [6.45, 7) is 3.84. The van der Waals surface area contributed by atoms with Gasteiger partial charge in [0.25, 0.3) is 0 Å². The van der Waals surface area contributed by atoms with E-state index in [0.29, 0.717) is 11.6 Å². The Balaban J connectivity index is 1.96. The fourth-order valence-corrected chi connectivity index (χ4v) is 2.50. The van der Waals surface area contributed by atoms with Crippen LogP contribution in [0.2, 0.25) is 0 Å². The van der Waals surface area contributed by atoms with E-state index in [2.05, 4.69) is 20.8 Å². The maximum Gasteiger partial charge on any atom is 0.156 e. The van der Waals surface area contributed by atoms with Crippen molar-refractivity contribution in [3.8, 4) is 11.1 Å².